The third kappa shape index (κ3) is 3.24. The molecule has 0 bridgehead atoms. The Hall–Kier alpha value is -1.53. The molecule has 0 spiro atoms. The molecule has 18 heavy (non-hydrogen) atoms. The highest BCUT2D eigenvalue weighted by Crippen LogP contribution is 2.32. The second-order valence-corrected chi connectivity index (χ2v) is 5.11. The first-order valence-corrected chi connectivity index (χ1v) is 6.72. The molecule has 0 aliphatic carbocycles. The van der Waals surface area contributed by atoms with Crippen LogP contribution in [0.3, 0.4) is 0 Å². The monoisotopic (exact) mass is 265 g/mol. The van der Waals surface area contributed by atoms with E-state index in [-0.39, 0.29) is 11.8 Å². The highest BCUT2D eigenvalue weighted by atomic mass is 32.2. The van der Waals surface area contributed by atoms with E-state index in [1.165, 1.54) is 0 Å². The van der Waals surface area contributed by atoms with Gasteiger partial charge in [-0.25, -0.2) is 5.84 Å². The number of thioether (sulfide) groups is 1. The fourth-order valence-corrected chi connectivity index (χ4v) is 2.60. The summed E-state index contributed by atoms with van der Waals surface area (Å²) in [5, 5.41) is 2.85. The molecule has 0 radical (unpaired) electrons. The summed E-state index contributed by atoms with van der Waals surface area (Å²) >= 11 is 1.55. The molecular formula is C12H15N3O2S. The second-order valence-electron chi connectivity index (χ2n) is 4.09. The maximum Gasteiger partial charge on any atom is 0.234 e. The van der Waals surface area contributed by atoms with Crippen molar-refractivity contribution in [2.24, 2.45) is 5.84 Å². The molecule has 0 saturated carbocycles. The van der Waals surface area contributed by atoms with Gasteiger partial charge in [-0.2, -0.15) is 0 Å². The van der Waals surface area contributed by atoms with E-state index in [2.05, 4.69) is 10.7 Å². The van der Waals surface area contributed by atoms with Gasteiger partial charge in [0.05, 0.1) is 11.4 Å². The minimum absolute atomic E-state index is 0.0344. The zero-order valence-corrected chi connectivity index (χ0v) is 10.7. The summed E-state index contributed by atoms with van der Waals surface area (Å²) < 4.78 is 0. The zero-order valence-electron chi connectivity index (χ0n) is 9.86. The molecule has 2 amide bonds. The molecule has 1 aliphatic rings. The molecule has 0 aromatic heterocycles. The number of hydrazine groups is 1. The standard InChI is InChI=1S/C12H15N3O2S/c13-15-11(16)3-1-2-8-4-5-10-9(6-8)14-12(17)7-18-10/h4-6H,1-3,7,13H2,(H,14,17)(H,15,16). The number of nitrogens with one attached hydrogen (secondary N) is 2. The minimum atomic E-state index is -0.156. The summed E-state index contributed by atoms with van der Waals surface area (Å²) in [6, 6.07) is 6.02. The Balaban J connectivity index is 1.96. The maximum absolute atomic E-state index is 11.3. The van der Waals surface area contributed by atoms with Gasteiger partial charge in [0.15, 0.2) is 0 Å². The van der Waals surface area contributed by atoms with Crippen LogP contribution in [0, 0.1) is 0 Å². The molecule has 0 saturated heterocycles. The van der Waals surface area contributed by atoms with Gasteiger partial charge in [0.2, 0.25) is 11.8 Å². The lowest BCUT2D eigenvalue weighted by Crippen LogP contribution is -2.29. The largest absolute Gasteiger partial charge is 0.324 e. The van der Waals surface area contributed by atoms with Gasteiger partial charge < -0.3 is 5.32 Å². The van der Waals surface area contributed by atoms with Crippen molar-refractivity contribution in [3.05, 3.63) is 23.8 Å². The molecule has 96 valence electrons. The van der Waals surface area contributed by atoms with Crippen molar-refractivity contribution >= 4 is 29.3 Å². The van der Waals surface area contributed by atoms with E-state index in [4.69, 9.17) is 5.84 Å². The predicted molar refractivity (Wildman–Crippen MR) is 71.1 cm³/mol. The van der Waals surface area contributed by atoms with E-state index in [1.807, 2.05) is 18.2 Å². The maximum atomic E-state index is 11.3. The summed E-state index contributed by atoms with van der Waals surface area (Å²) in [5.74, 6) is 5.36. The smallest absolute Gasteiger partial charge is 0.234 e. The lowest BCUT2D eigenvalue weighted by molar-refractivity contribution is -0.121. The number of carbonyl (C=O) groups excluding carboxylic acids is 2. The van der Waals surface area contributed by atoms with E-state index < -0.39 is 0 Å². The van der Waals surface area contributed by atoms with Crippen LogP contribution in [0.1, 0.15) is 18.4 Å². The first-order chi connectivity index (χ1) is 8.69. The molecule has 1 aliphatic heterocycles. The molecule has 6 heteroatoms. The van der Waals surface area contributed by atoms with E-state index in [1.54, 1.807) is 11.8 Å². The number of aryl methyl sites for hydroxylation is 1. The Kier molecular flexibility index (Phi) is 4.22. The number of carbonyl (C=O) groups is 2. The van der Waals surface area contributed by atoms with Crippen molar-refractivity contribution in [3.63, 3.8) is 0 Å². The highest BCUT2D eigenvalue weighted by molar-refractivity contribution is 8.00. The number of hydrogen-bond donors (Lipinski definition) is 3. The fourth-order valence-electron chi connectivity index (χ4n) is 1.81. The van der Waals surface area contributed by atoms with E-state index in [0.717, 1.165) is 29.0 Å². The van der Waals surface area contributed by atoms with Crippen molar-refractivity contribution in [1.29, 1.82) is 0 Å². The van der Waals surface area contributed by atoms with Crippen LogP contribution < -0.4 is 16.6 Å². The van der Waals surface area contributed by atoms with Crippen LogP contribution in [0.25, 0.3) is 0 Å². The summed E-state index contributed by atoms with van der Waals surface area (Å²) in [6.07, 6.45) is 1.94. The number of nitrogens with two attached hydrogens (primary N) is 1. The first-order valence-electron chi connectivity index (χ1n) is 5.74. The quantitative estimate of drug-likeness (QED) is 0.431. The number of rotatable bonds is 4. The molecule has 4 N–H and O–H groups in total. The Bertz CT molecular complexity index is 476. The molecule has 2 rings (SSSR count). The Morgan fingerprint density at radius 3 is 3.11 bits per heavy atom. The summed E-state index contributed by atoms with van der Waals surface area (Å²) in [4.78, 5) is 23.4. The van der Waals surface area contributed by atoms with Crippen molar-refractivity contribution in [3.8, 4) is 0 Å². The number of hydrogen-bond acceptors (Lipinski definition) is 4. The van der Waals surface area contributed by atoms with Gasteiger partial charge >= 0.3 is 0 Å². The number of amides is 2. The van der Waals surface area contributed by atoms with E-state index >= 15 is 0 Å². The molecule has 1 heterocycles. The summed E-state index contributed by atoms with van der Waals surface area (Å²) in [7, 11) is 0. The molecule has 0 fully saturated rings. The lowest BCUT2D eigenvalue weighted by Gasteiger charge is -2.17. The molecule has 1 aromatic carbocycles. The van der Waals surface area contributed by atoms with Gasteiger partial charge in [-0.1, -0.05) is 6.07 Å². The minimum Gasteiger partial charge on any atom is -0.324 e. The third-order valence-electron chi connectivity index (χ3n) is 2.71. The summed E-state index contributed by atoms with van der Waals surface area (Å²) in [5.41, 5.74) is 4.09. The lowest BCUT2D eigenvalue weighted by atomic mass is 10.1. The van der Waals surface area contributed by atoms with Crippen LogP contribution in [-0.4, -0.2) is 17.6 Å². The van der Waals surface area contributed by atoms with E-state index in [0.29, 0.717) is 12.2 Å². The SMILES string of the molecule is NNC(=O)CCCc1ccc2c(c1)NC(=O)CS2. The van der Waals surface area contributed by atoms with Crippen LogP contribution in [0.2, 0.25) is 0 Å². The van der Waals surface area contributed by atoms with Gasteiger partial charge in [0, 0.05) is 11.3 Å². The van der Waals surface area contributed by atoms with Crippen LogP contribution in [0.15, 0.2) is 23.1 Å². The van der Waals surface area contributed by atoms with Crippen LogP contribution >= 0.6 is 11.8 Å². The Morgan fingerprint density at radius 2 is 2.33 bits per heavy atom. The molecule has 0 unspecified atom stereocenters. The fraction of sp³-hybridized carbons (Fsp3) is 0.333. The number of anilines is 1. The van der Waals surface area contributed by atoms with Gasteiger partial charge in [0.1, 0.15) is 0 Å². The van der Waals surface area contributed by atoms with Crippen molar-refractivity contribution in [2.75, 3.05) is 11.1 Å². The first kappa shape index (κ1) is 12.9. The average molecular weight is 265 g/mol. The van der Waals surface area contributed by atoms with Crippen molar-refractivity contribution in [2.45, 2.75) is 24.2 Å². The topological polar surface area (TPSA) is 84.2 Å². The molecule has 0 atom stereocenters. The second kappa shape index (κ2) is 5.88. The summed E-state index contributed by atoms with van der Waals surface area (Å²) in [6.45, 7) is 0. The number of benzene rings is 1. The molecular weight excluding hydrogens is 250 g/mol. The third-order valence-corrected chi connectivity index (χ3v) is 3.78. The predicted octanol–water partition coefficient (Wildman–Crippen LogP) is 1.04. The van der Waals surface area contributed by atoms with Gasteiger partial charge in [-0.15, -0.1) is 11.8 Å². The highest BCUT2D eigenvalue weighted by Gasteiger charge is 2.15. The van der Waals surface area contributed by atoms with Gasteiger partial charge in [-0.3, -0.25) is 15.0 Å². The van der Waals surface area contributed by atoms with Gasteiger partial charge in [0.25, 0.3) is 0 Å². The van der Waals surface area contributed by atoms with Crippen LogP contribution in [0.4, 0.5) is 5.69 Å². The normalized spacial score (nSPS) is 13.7. The van der Waals surface area contributed by atoms with Crippen LogP contribution in [-0.2, 0) is 16.0 Å². The number of fused-ring (bicyclic) bond motifs is 1. The molecule has 1 aromatic rings. The van der Waals surface area contributed by atoms with Gasteiger partial charge in [-0.05, 0) is 30.5 Å². The Morgan fingerprint density at radius 1 is 1.50 bits per heavy atom. The zero-order chi connectivity index (χ0) is 13.0. The Labute approximate surface area is 109 Å². The average Bonchev–Trinajstić information content (AvgIpc) is 2.38. The van der Waals surface area contributed by atoms with Crippen molar-refractivity contribution < 1.29 is 9.59 Å². The van der Waals surface area contributed by atoms with Crippen LogP contribution in [0.5, 0.6) is 0 Å². The van der Waals surface area contributed by atoms with E-state index in [9.17, 15) is 9.59 Å². The van der Waals surface area contributed by atoms with Crippen molar-refractivity contribution in [1.82, 2.24) is 5.43 Å². The molecule has 5 nitrogen and oxygen atoms in total.